The number of hydrogen-bond donors (Lipinski definition) is 2. The van der Waals surface area contributed by atoms with Crippen LogP contribution in [0.4, 0.5) is 5.82 Å². The first-order valence-corrected chi connectivity index (χ1v) is 9.01. The van der Waals surface area contributed by atoms with Gasteiger partial charge in [0.2, 0.25) is 5.91 Å². The predicted molar refractivity (Wildman–Crippen MR) is 106 cm³/mol. The monoisotopic (exact) mass is 379 g/mol. The smallest absolute Gasteiger partial charge is 0.226 e. The van der Waals surface area contributed by atoms with E-state index in [1.165, 1.54) is 0 Å². The van der Waals surface area contributed by atoms with Crippen LogP contribution in [0.25, 0.3) is 11.3 Å². The van der Waals surface area contributed by atoms with Gasteiger partial charge in [0, 0.05) is 28.5 Å². The minimum atomic E-state index is -0.0911. The predicted octanol–water partition coefficient (Wildman–Crippen LogP) is 4.77. The molecule has 6 heteroatoms. The zero-order valence-corrected chi connectivity index (χ0v) is 15.3. The van der Waals surface area contributed by atoms with E-state index in [9.17, 15) is 4.79 Å². The van der Waals surface area contributed by atoms with E-state index in [4.69, 9.17) is 16.3 Å². The number of halogens is 1. The molecule has 1 unspecified atom stereocenters. The molecule has 136 valence electrons. The number of nitrogens with zero attached hydrogens (tertiary/aromatic N) is 1. The summed E-state index contributed by atoms with van der Waals surface area (Å²) in [5.41, 5.74) is 3.88. The third-order valence-electron chi connectivity index (χ3n) is 4.58. The third kappa shape index (κ3) is 3.46. The van der Waals surface area contributed by atoms with E-state index in [2.05, 4.69) is 22.1 Å². The number of hydrogen-bond acceptors (Lipinski definition) is 3. The third-order valence-corrected chi connectivity index (χ3v) is 4.83. The van der Waals surface area contributed by atoms with Crippen molar-refractivity contribution in [3.05, 3.63) is 77.3 Å². The van der Waals surface area contributed by atoms with Crippen LogP contribution in [0.1, 0.15) is 23.5 Å². The highest BCUT2D eigenvalue weighted by molar-refractivity contribution is 6.30. The molecule has 1 amide bonds. The lowest BCUT2D eigenvalue weighted by atomic mass is 9.84. The highest BCUT2D eigenvalue weighted by Crippen LogP contribution is 2.42. The molecule has 0 spiro atoms. The Morgan fingerprint density at radius 3 is 2.63 bits per heavy atom. The minimum Gasteiger partial charge on any atom is -0.490 e. The standard InChI is InChI=1S/C21H18ClN3O2/c1-2-11-27-16-9-5-13(6-10-16)17-12-18(26)23-21-19(17)20(24-25-21)14-3-7-15(22)8-4-14/h2-10,17H,1,11-12H2,(H2,23,24,25,26). The van der Waals surface area contributed by atoms with E-state index >= 15 is 0 Å². The van der Waals surface area contributed by atoms with Gasteiger partial charge < -0.3 is 10.1 Å². The second kappa shape index (κ2) is 7.29. The summed E-state index contributed by atoms with van der Waals surface area (Å²) in [7, 11) is 0. The first-order valence-electron chi connectivity index (χ1n) is 8.63. The number of benzene rings is 2. The molecule has 2 N–H and O–H groups in total. The summed E-state index contributed by atoms with van der Waals surface area (Å²) in [5, 5.41) is 10.9. The van der Waals surface area contributed by atoms with E-state index in [1.807, 2.05) is 48.5 Å². The van der Waals surface area contributed by atoms with Crippen LogP contribution in [0.3, 0.4) is 0 Å². The fraction of sp³-hybridized carbons (Fsp3) is 0.143. The van der Waals surface area contributed by atoms with Crippen LogP contribution in [0, 0.1) is 0 Å². The molecule has 0 fully saturated rings. The Morgan fingerprint density at radius 2 is 1.93 bits per heavy atom. The van der Waals surface area contributed by atoms with Crippen molar-refractivity contribution in [1.82, 2.24) is 10.2 Å². The summed E-state index contributed by atoms with van der Waals surface area (Å²) >= 11 is 6.01. The molecule has 4 rings (SSSR count). The summed E-state index contributed by atoms with van der Waals surface area (Å²) < 4.78 is 5.55. The molecule has 2 aromatic carbocycles. The van der Waals surface area contributed by atoms with Crippen molar-refractivity contribution in [3.63, 3.8) is 0 Å². The van der Waals surface area contributed by atoms with E-state index in [-0.39, 0.29) is 11.8 Å². The Morgan fingerprint density at radius 1 is 1.19 bits per heavy atom. The van der Waals surface area contributed by atoms with Gasteiger partial charge in [-0.2, -0.15) is 5.10 Å². The van der Waals surface area contributed by atoms with Crippen molar-refractivity contribution in [2.75, 3.05) is 11.9 Å². The number of aromatic amines is 1. The number of carbonyl (C=O) groups excluding carboxylic acids is 1. The van der Waals surface area contributed by atoms with Crippen molar-refractivity contribution in [2.45, 2.75) is 12.3 Å². The van der Waals surface area contributed by atoms with Crippen molar-refractivity contribution in [3.8, 4) is 17.0 Å². The molecule has 0 aliphatic carbocycles. The molecule has 27 heavy (non-hydrogen) atoms. The maximum absolute atomic E-state index is 12.2. The molecule has 2 heterocycles. The highest BCUT2D eigenvalue weighted by Gasteiger charge is 2.32. The number of rotatable bonds is 5. The zero-order chi connectivity index (χ0) is 18.8. The zero-order valence-electron chi connectivity index (χ0n) is 14.5. The maximum Gasteiger partial charge on any atom is 0.226 e. The molecule has 0 saturated carbocycles. The number of ether oxygens (including phenoxy) is 1. The molecule has 0 bridgehead atoms. The van der Waals surface area contributed by atoms with Crippen LogP contribution >= 0.6 is 11.6 Å². The molecular formula is C21H18ClN3O2. The minimum absolute atomic E-state index is 0.0476. The van der Waals surface area contributed by atoms with Crippen LogP contribution < -0.4 is 10.1 Å². The molecule has 3 aromatic rings. The number of anilines is 1. The Hall–Kier alpha value is -3.05. The van der Waals surface area contributed by atoms with Crippen LogP contribution in [-0.2, 0) is 4.79 Å². The van der Waals surface area contributed by atoms with E-state index < -0.39 is 0 Å². The average Bonchev–Trinajstić information content (AvgIpc) is 3.10. The lowest BCUT2D eigenvalue weighted by Crippen LogP contribution is -2.23. The molecule has 1 aromatic heterocycles. The maximum atomic E-state index is 12.2. The van der Waals surface area contributed by atoms with Gasteiger partial charge in [-0.05, 0) is 29.8 Å². The largest absolute Gasteiger partial charge is 0.490 e. The topological polar surface area (TPSA) is 67.0 Å². The lowest BCUT2D eigenvalue weighted by Gasteiger charge is -2.23. The van der Waals surface area contributed by atoms with Gasteiger partial charge in [0.25, 0.3) is 0 Å². The highest BCUT2D eigenvalue weighted by atomic mass is 35.5. The number of carbonyl (C=O) groups is 1. The second-order valence-corrected chi connectivity index (χ2v) is 6.78. The van der Waals surface area contributed by atoms with Crippen LogP contribution in [0.5, 0.6) is 5.75 Å². The molecule has 1 aliphatic rings. The first-order chi connectivity index (χ1) is 13.2. The van der Waals surface area contributed by atoms with Gasteiger partial charge in [0.05, 0.1) is 5.69 Å². The SMILES string of the molecule is C=CCOc1ccc(C2CC(=O)Nc3n[nH]c(-c4ccc(Cl)cc4)c32)cc1. The molecular weight excluding hydrogens is 362 g/mol. The molecule has 1 aliphatic heterocycles. The number of nitrogens with one attached hydrogen (secondary N) is 2. The average molecular weight is 380 g/mol. The second-order valence-electron chi connectivity index (χ2n) is 6.34. The number of amides is 1. The summed E-state index contributed by atoms with van der Waals surface area (Å²) in [5.74, 6) is 1.21. The number of fused-ring (bicyclic) bond motifs is 1. The van der Waals surface area contributed by atoms with Gasteiger partial charge in [-0.3, -0.25) is 9.89 Å². The fourth-order valence-corrected chi connectivity index (χ4v) is 3.45. The van der Waals surface area contributed by atoms with Gasteiger partial charge in [-0.15, -0.1) is 0 Å². The van der Waals surface area contributed by atoms with Crippen LogP contribution in [0.2, 0.25) is 5.02 Å². The van der Waals surface area contributed by atoms with Gasteiger partial charge >= 0.3 is 0 Å². The van der Waals surface area contributed by atoms with E-state index in [0.717, 1.165) is 28.1 Å². The number of H-pyrrole nitrogens is 1. The normalized spacial score (nSPS) is 15.7. The quantitative estimate of drug-likeness (QED) is 0.627. The summed E-state index contributed by atoms with van der Waals surface area (Å²) in [4.78, 5) is 12.2. The van der Waals surface area contributed by atoms with Crippen LogP contribution in [0.15, 0.2) is 61.2 Å². The van der Waals surface area contributed by atoms with Crippen LogP contribution in [-0.4, -0.2) is 22.7 Å². The number of aromatic nitrogens is 2. The Kier molecular flexibility index (Phi) is 4.69. The van der Waals surface area contributed by atoms with Gasteiger partial charge in [0.15, 0.2) is 5.82 Å². The Labute approximate surface area is 162 Å². The lowest BCUT2D eigenvalue weighted by molar-refractivity contribution is -0.116. The molecule has 5 nitrogen and oxygen atoms in total. The Bertz CT molecular complexity index is 978. The fourth-order valence-electron chi connectivity index (χ4n) is 3.33. The molecule has 1 atom stereocenters. The molecule has 0 radical (unpaired) electrons. The van der Waals surface area contributed by atoms with Gasteiger partial charge in [0.1, 0.15) is 12.4 Å². The van der Waals surface area contributed by atoms with Crippen molar-refractivity contribution in [2.24, 2.45) is 0 Å². The van der Waals surface area contributed by atoms with Gasteiger partial charge in [-0.1, -0.05) is 48.5 Å². The van der Waals surface area contributed by atoms with E-state index in [1.54, 1.807) is 6.08 Å². The van der Waals surface area contributed by atoms with Crippen molar-refractivity contribution in [1.29, 1.82) is 0 Å². The van der Waals surface area contributed by atoms with Crippen molar-refractivity contribution >= 4 is 23.3 Å². The van der Waals surface area contributed by atoms with E-state index in [0.29, 0.717) is 23.9 Å². The van der Waals surface area contributed by atoms with Gasteiger partial charge in [-0.25, -0.2) is 0 Å². The first kappa shape index (κ1) is 17.4. The summed E-state index contributed by atoms with van der Waals surface area (Å²) in [6.45, 7) is 4.11. The van der Waals surface area contributed by atoms with Crippen molar-refractivity contribution < 1.29 is 9.53 Å². The summed E-state index contributed by atoms with van der Waals surface area (Å²) in [6, 6.07) is 15.4. The summed E-state index contributed by atoms with van der Waals surface area (Å²) in [6.07, 6.45) is 2.06. The Balaban J connectivity index is 1.73. The molecule has 0 saturated heterocycles.